The van der Waals surface area contributed by atoms with Crippen molar-refractivity contribution in [2.75, 3.05) is 11.9 Å². The van der Waals surface area contributed by atoms with Gasteiger partial charge in [0.2, 0.25) is 0 Å². The van der Waals surface area contributed by atoms with E-state index < -0.39 is 23.8 Å². The molecule has 0 radical (unpaired) electrons. The van der Waals surface area contributed by atoms with E-state index in [0.717, 1.165) is 36.1 Å². The molecule has 0 saturated heterocycles. The third-order valence-electron chi connectivity index (χ3n) is 4.43. The summed E-state index contributed by atoms with van der Waals surface area (Å²) >= 11 is 0. The Morgan fingerprint density at radius 3 is 2.78 bits per heavy atom. The molecule has 1 aromatic carbocycles. The van der Waals surface area contributed by atoms with Gasteiger partial charge >= 0.3 is 12.1 Å². The Bertz CT molecular complexity index is 682. The Morgan fingerprint density at radius 1 is 1.39 bits per heavy atom. The Balaban J connectivity index is 1.98. The smallest absolute Gasteiger partial charge is 0.416 e. The topological polar surface area (TPSA) is 52.6 Å². The van der Waals surface area contributed by atoms with Crippen molar-refractivity contribution < 1.29 is 23.1 Å². The first-order chi connectivity index (χ1) is 10.8. The summed E-state index contributed by atoms with van der Waals surface area (Å²) in [4.78, 5) is 12.9. The number of rotatable bonds is 1. The van der Waals surface area contributed by atoms with Crippen LogP contribution in [-0.4, -0.2) is 24.2 Å². The van der Waals surface area contributed by atoms with Gasteiger partial charge in [-0.25, -0.2) is 4.79 Å². The second-order valence-corrected chi connectivity index (χ2v) is 5.96. The molecule has 3 rings (SSSR count). The van der Waals surface area contributed by atoms with Crippen LogP contribution in [0.25, 0.3) is 0 Å². The number of nitrogens with zero attached hydrogens (tertiary/aromatic N) is 1. The highest BCUT2D eigenvalue weighted by atomic mass is 19.4. The standard InChI is InChI=1S/C16H17F3N2O2/c1-21-13-8-11(16(17,18)19)6-5-9(13)7-10-3-2-4-12(15(22)23)20-14(10)21/h5-6,8,12,20H,2-4,7H2,1H3,(H,22,23). The van der Waals surface area contributed by atoms with Crippen molar-refractivity contribution >= 4 is 11.7 Å². The maximum atomic E-state index is 12.9. The van der Waals surface area contributed by atoms with Gasteiger partial charge in [-0.3, -0.25) is 0 Å². The number of fused-ring (bicyclic) bond motifs is 1. The van der Waals surface area contributed by atoms with Crippen molar-refractivity contribution in [3.05, 3.63) is 40.7 Å². The number of carbonyl (C=O) groups is 1. The minimum atomic E-state index is -4.40. The Kier molecular flexibility index (Phi) is 3.74. The summed E-state index contributed by atoms with van der Waals surface area (Å²) in [6, 6.07) is 3.03. The zero-order valence-electron chi connectivity index (χ0n) is 12.6. The van der Waals surface area contributed by atoms with Crippen LogP contribution in [0.1, 0.15) is 30.4 Å². The van der Waals surface area contributed by atoms with Crippen LogP contribution >= 0.6 is 0 Å². The van der Waals surface area contributed by atoms with Crippen LogP contribution in [0.2, 0.25) is 0 Å². The normalized spacial score (nSPS) is 21.2. The van der Waals surface area contributed by atoms with Crippen molar-refractivity contribution in [2.45, 2.75) is 37.9 Å². The highest BCUT2D eigenvalue weighted by Crippen LogP contribution is 2.39. The number of alkyl halides is 3. The van der Waals surface area contributed by atoms with Gasteiger partial charge in [-0.2, -0.15) is 13.2 Å². The molecule has 2 aliphatic heterocycles. The number of benzene rings is 1. The molecular formula is C16H17F3N2O2. The predicted octanol–water partition coefficient (Wildman–Crippen LogP) is 3.14. The third kappa shape index (κ3) is 2.87. The fourth-order valence-electron chi connectivity index (χ4n) is 3.22. The molecule has 0 bridgehead atoms. The number of halogens is 3. The van der Waals surface area contributed by atoms with Gasteiger partial charge in [0.15, 0.2) is 0 Å². The summed E-state index contributed by atoms with van der Waals surface area (Å²) in [5, 5.41) is 12.2. The Hall–Kier alpha value is -2.18. The van der Waals surface area contributed by atoms with E-state index >= 15 is 0 Å². The number of hydrogen-bond donors (Lipinski definition) is 2. The molecule has 124 valence electrons. The second kappa shape index (κ2) is 5.47. The summed E-state index contributed by atoms with van der Waals surface area (Å²) in [6.45, 7) is 0. The number of nitrogens with one attached hydrogen (secondary N) is 1. The number of carboxylic acid groups (broad SMARTS) is 1. The van der Waals surface area contributed by atoms with Crippen molar-refractivity contribution in [3.63, 3.8) is 0 Å². The molecule has 2 N–H and O–H groups in total. The molecule has 0 saturated carbocycles. The monoisotopic (exact) mass is 326 g/mol. The summed E-state index contributed by atoms with van der Waals surface area (Å²) in [5.74, 6) is -0.316. The zero-order chi connectivity index (χ0) is 16.8. The van der Waals surface area contributed by atoms with E-state index in [9.17, 15) is 23.1 Å². The fourth-order valence-corrected chi connectivity index (χ4v) is 3.22. The molecule has 0 aliphatic carbocycles. The lowest BCUT2D eigenvalue weighted by Crippen LogP contribution is -2.42. The molecule has 2 aliphatic rings. The van der Waals surface area contributed by atoms with Gasteiger partial charge in [-0.1, -0.05) is 6.07 Å². The van der Waals surface area contributed by atoms with Gasteiger partial charge in [0.05, 0.1) is 5.56 Å². The molecule has 7 heteroatoms. The fraction of sp³-hybridized carbons (Fsp3) is 0.438. The van der Waals surface area contributed by atoms with Crippen LogP contribution < -0.4 is 10.2 Å². The van der Waals surface area contributed by atoms with Crippen LogP contribution in [0.3, 0.4) is 0 Å². The summed E-state index contributed by atoms with van der Waals surface area (Å²) in [7, 11) is 1.67. The molecule has 0 amide bonds. The lowest BCUT2D eigenvalue weighted by Gasteiger charge is -2.33. The molecule has 1 unspecified atom stereocenters. The Labute approximate surface area is 131 Å². The molecule has 0 aromatic heterocycles. The minimum absolute atomic E-state index is 0.470. The molecule has 0 spiro atoms. The van der Waals surface area contributed by atoms with E-state index in [2.05, 4.69) is 5.32 Å². The van der Waals surface area contributed by atoms with Gasteiger partial charge < -0.3 is 15.3 Å². The SMILES string of the molecule is CN1C2=C(CCCC(C(=O)O)N2)Cc2ccc(C(F)(F)F)cc21. The summed E-state index contributed by atoms with van der Waals surface area (Å²) in [6.07, 6.45) is -1.86. The van der Waals surface area contributed by atoms with E-state index in [1.807, 2.05) is 0 Å². The van der Waals surface area contributed by atoms with Crippen molar-refractivity contribution in [2.24, 2.45) is 0 Å². The molecule has 0 fully saturated rings. The van der Waals surface area contributed by atoms with E-state index in [1.54, 1.807) is 11.9 Å². The largest absolute Gasteiger partial charge is 0.480 e. The average Bonchev–Trinajstić information content (AvgIpc) is 2.69. The first-order valence-electron chi connectivity index (χ1n) is 7.42. The second-order valence-electron chi connectivity index (χ2n) is 5.96. The van der Waals surface area contributed by atoms with Crippen LogP contribution in [0.15, 0.2) is 29.6 Å². The minimum Gasteiger partial charge on any atom is -0.480 e. The van der Waals surface area contributed by atoms with E-state index in [4.69, 9.17) is 0 Å². The number of allylic oxidation sites excluding steroid dienone is 1. The van der Waals surface area contributed by atoms with Crippen molar-refractivity contribution in [1.82, 2.24) is 5.32 Å². The highest BCUT2D eigenvalue weighted by Gasteiger charge is 2.34. The van der Waals surface area contributed by atoms with Crippen LogP contribution in [0.4, 0.5) is 18.9 Å². The van der Waals surface area contributed by atoms with Gasteiger partial charge in [-0.05, 0) is 49.0 Å². The first kappa shape index (κ1) is 15.7. The predicted molar refractivity (Wildman–Crippen MR) is 79.0 cm³/mol. The quantitative estimate of drug-likeness (QED) is 0.832. The van der Waals surface area contributed by atoms with Gasteiger partial charge in [0.1, 0.15) is 11.9 Å². The van der Waals surface area contributed by atoms with E-state index in [-0.39, 0.29) is 0 Å². The van der Waals surface area contributed by atoms with Gasteiger partial charge in [-0.15, -0.1) is 0 Å². The first-order valence-corrected chi connectivity index (χ1v) is 7.42. The molecule has 1 aromatic rings. The summed E-state index contributed by atoms with van der Waals surface area (Å²) < 4.78 is 38.8. The number of anilines is 1. The lowest BCUT2D eigenvalue weighted by molar-refractivity contribution is -0.139. The maximum Gasteiger partial charge on any atom is 0.416 e. The summed E-state index contributed by atoms with van der Waals surface area (Å²) in [5.41, 5.74) is 1.64. The van der Waals surface area contributed by atoms with E-state index in [0.29, 0.717) is 24.4 Å². The van der Waals surface area contributed by atoms with Crippen LogP contribution in [0.5, 0.6) is 0 Å². The highest BCUT2D eigenvalue weighted by molar-refractivity contribution is 5.74. The molecular weight excluding hydrogens is 309 g/mol. The average molecular weight is 326 g/mol. The zero-order valence-corrected chi connectivity index (χ0v) is 12.6. The van der Waals surface area contributed by atoms with Crippen molar-refractivity contribution in [3.8, 4) is 0 Å². The lowest BCUT2D eigenvalue weighted by atomic mass is 9.94. The molecule has 2 heterocycles. The number of carboxylic acids is 1. The Morgan fingerprint density at radius 2 is 2.13 bits per heavy atom. The van der Waals surface area contributed by atoms with E-state index in [1.165, 1.54) is 6.07 Å². The number of aliphatic carboxylic acids is 1. The van der Waals surface area contributed by atoms with Crippen LogP contribution in [0, 0.1) is 0 Å². The van der Waals surface area contributed by atoms with Gasteiger partial charge in [0, 0.05) is 12.7 Å². The third-order valence-corrected chi connectivity index (χ3v) is 4.43. The molecule has 4 nitrogen and oxygen atoms in total. The maximum absolute atomic E-state index is 12.9. The van der Waals surface area contributed by atoms with Crippen molar-refractivity contribution in [1.29, 1.82) is 0 Å². The molecule has 1 atom stereocenters. The molecule has 23 heavy (non-hydrogen) atoms. The van der Waals surface area contributed by atoms with Gasteiger partial charge in [0.25, 0.3) is 0 Å². The number of hydrogen-bond acceptors (Lipinski definition) is 3. The van der Waals surface area contributed by atoms with Crippen LogP contribution in [-0.2, 0) is 17.4 Å².